The van der Waals surface area contributed by atoms with E-state index in [1.807, 2.05) is 0 Å². The molecule has 0 bridgehead atoms. The van der Waals surface area contributed by atoms with Crippen LogP contribution in [-0.2, 0) is 9.84 Å². The van der Waals surface area contributed by atoms with Crippen molar-refractivity contribution in [2.75, 3.05) is 37.7 Å². The van der Waals surface area contributed by atoms with Gasteiger partial charge in [0.25, 0.3) is 0 Å². The summed E-state index contributed by atoms with van der Waals surface area (Å²) >= 11 is 0. The van der Waals surface area contributed by atoms with Crippen molar-refractivity contribution in [3.8, 4) is 6.01 Å². The van der Waals surface area contributed by atoms with Gasteiger partial charge in [-0.1, -0.05) is 0 Å². The fourth-order valence-corrected chi connectivity index (χ4v) is 5.08. The minimum atomic E-state index is -2.76. The number of rotatable bonds is 5. The van der Waals surface area contributed by atoms with Crippen molar-refractivity contribution < 1.29 is 13.2 Å². The standard InChI is InChI=1S/C16H25N3O3S/c20-23(21)9-4-14(5-10-23)11-19-8-1-3-15(12-19)13-22-16-17-6-2-7-18-16/h2,6-7,14-15H,1,3-5,8-13H2. The summed E-state index contributed by atoms with van der Waals surface area (Å²) in [7, 11) is -2.76. The third-order valence-electron chi connectivity index (χ3n) is 4.78. The number of piperidine rings is 1. The Labute approximate surface area is 138 Å². The molecule has 1 aromatic rings. The molecule has 0 saturated carbocycles. The number of ether oxygens (including phenoxy) is 1. The predicted molar refractivity (Wildman–Crippen MR) is 88.1 cm³/mol. The van der Waals surface area contributed by atoms with Crippen LogP contribution in [-0.4, -0.2) is 61.0 Å². The minimum Gasteiger partial charge on any atom is -0.463 e. The lowest BCUT2D eigenvalue weighted by Crippen LogP contribution is -2.41. The van der Waals surface area contributed by atoms with Crippen LogP contribution < -0.4 is 4.74 Å². The van der Waals surface area contributed by atoms with Gasteiger partial charge in [-0.3, -0.25) is 0 Å². The van der Waals surface area contributed by atoms with E-state index in [-0.39, 0.29) is 0 Å². The molecule has 6 nitrogen and oxygen atoms in total. The van der Waals surface area contributed by atoms with Crippen LogP contribution in [0.5, 0.6) is 6.01 Å². The van der Waals surface area contributed by atoms with Crippen LogP contribution in [0.3, 0.4) is 0 Å². The third kappa shape index (κ3) is 5.14. The number of nitrogens with zero attached hydrogens (tertiary/aromatic N) is 3. The Bertz CT molecular complexity index is 580. The van der Waals surface area contributed by atoms with E-state index >= 15 is 0 Å². The Morgan fingerprint density at radius 2 is 1.87 bits per heavy atom. The first-order valence-electron chi connectivity index (χ1n) is 8.43. The molecule has 0 spiro atoms. The Morgan fingerprint density at radius 1 is 1.13 bits per heavy atom. The average molecular weight is 339 g/mol. The largest absolute Gasteiger partial charge is 0.463 e. The van der Waals surface area contributed by atoms with Crippen molar-refractivity contribution in [2.24, 2.45) is 11.8 Å². The highest BCUT2D eigenvalue weighted by Crippen LogP contribution is 2.23. The van der Waals surface area contributed by atoms with Gasteiger partial charge in [0.2, 0.25) is 0 Å². The summed E-state index contributed by atoms with van der Waals surface area (Å²) in [5.41, 5.74) is 0. The molecule has 128 valence electrons. The van der Waals surface area contributed by atoms with Crippen molar-refractivity contribution in [3.63, 3.8) is 0 Å². The van der Waals surface area contributed by atoms with E-state index < -0.39 is 9.84 Å². The summed E-state index contributed by atoms with van der Waals surface area (Å²) in [6, 6.07) is 2.22. The zero-order valence-corrected chi connectivity index (χ0v) is 14.2. The van der Waals surface area contributed by atoms with Crippen molar-refractivity contribution >= 4 is 9.84 Å². The first-order chi connectivity index (χ1) is 11.1. The van der Waals surface area contributed by atoms with E-state index in [1.54, 1.807) is 18.5 Å². The molecule has 2 aliphatic rings. The molecule has 0 aliphatic carbocycles. The highest BCUT2D eigenvalue weighted by Gasteiger charge is 2.27. The number of sulfone groups is 1. The number of likely N-dealkylation sites (tertiary alicyclic amines) is 1. The number of aromatic nitrogens is 2. The minimum absolute atomic E-state index is 0.364. The maximum atomic E-state index is 11.5. The molecule has 23 heavy (non-hydrogen) atoms. The molecule has 7 heteroatoms. The van der Waals surface area contributed by atoms with Crippen LogP contribution >= 0.6 is 0 Å². The summed E-state index contributed by atoms with van der Waals surface area (Å²) in [6.07, 6.45) is 7.35. The van der Waals surface area contributed by atoms with Gasteiger partial charge in [-0.15, -0.1) is 0 Å². The molecule has 0 N–H and O–H groups in total. The Balaban J connectivity index is 1.43. The number of hydrogen-bond acceptors (Lipinski definition) is 6. The third-order valence-corrected chi connectivity index (χ3v) is 6.50. The topological polar surface area (TPSA) is 72.4 Å². The molecule has 2 saturated heterocycles. The molecule has 3 heterocycles. The van der Waals surface area contributed by atoms with E-state index in [9.17, 15) is 8.42 Å². The number of hydrogen-bond donors (Lipinski definition) is 0. The molecular formula is C16H25N3O3S. The summed E-state index contributed by atoms with van der Waals surface area (Å²) < 4.78 is 28.7. The van der Waals surface area contributed by atoms with Gasteiger partial charge in [0.05, 0.1) is 18.1 Å². The van der Waals surface area contributed by atoms with Crippen LogP contribution in [0.15, 0.2) is 18.5 Å². The van der Waals surface area contributed by atoms with Crippen LogP contribution in [0.4, 0.5) is 0 Å². The molecule has 1 atom stereocenters. The van der Waals surface area contributed by atoms with Crippen LogP contribution in [0.1, 0.15) is 25.7 Å². The quantitative estimate of drug-likeness (QED) is 0.807. The molecule has 1 aromatic heterocycles. The van der Waals surface area contributed by atoms with Crippen LogP contribution in [0.25, 0.3) is 0 Å². The molecular weight excluding hydrogens is 314 g/mol. The lowest BCUT2D eigenvalue weighted by atomic mass is 9.96. The smallest absolute Gasteiger partial charge is 0.316 e. The van der Waals surface area contributed by atoms with Gasteiger partial charge in [0.15, 0.2) is 0 Å². The molecule has 1 unspecified atom stereocenters. The van der Waals surface area contributed by atoms with Crippen LogP contribution in [0.2, 0.25) is 0 Å². The van der Waals surface area contributed by atoms with E-state index in [2.05, 4.69) is 14.9 Å². The lowest BCUT2D eigenvalue weighted by molar-refractivity contribution is 0.110. The fourth-order valence-electron chi connectivity index (χ4n) is 3.49. The van der Waals surface area contributed by atoms with Crippen molar-refractivity contribution in [1.29, 1.82) is 0 Å². The van der Waals surface area contributed by atoms with Gasteiger partial charge in [0.1, 0.15) is 9.84 Å². The molecule has 2 fully saturated rings. The van der Waals surface area contributed by atoms with Gasteiger partial charge >= 0.3 is 6.01 Å². The Morgan fingerprint density at radius 3 is 2.61 bits per heavy atom. The van der Waals surface area contributed by atoms with Gasteiger partial charge in [-0.25, -0.2) is 18.4 Å². The first kappa shape index (κ1) is 16.6. The fraction of sp³-hybridized carbons (Fsp3) is 0.750. The predicted octanol–water partition coefficient (Wildman–Crippen LogP) is 1.39. The van der Waals surface area contributed by atoms with Crippen molar-refractivity contribution in [3.05, 3.63) is 18.5 Å². The monoisotopic (exact) mass is 339 g/mol. The van der Waals surface area contributed by atoms with E-state index in [4.69, 9.17) is 4.74 Å². The Kier molecular flexibility index (Phi) is 5.48. The van der Waals surface area contributed by atoms with Gasteiger partial charge in [-0.05, 0) is 44.2 Å². The van der Waals surface area contributed by atoms with E-state index in [1.165, 1.54) is 12.8 Å². The lowest BCUT2D eigenvalue weighted by Gasteiger charge is -2.35. The molecule has 0 radical (unpaired) electrons. The second kappa shape index (κ2) is 7.57. The summed E-state index contributed by atoms with van der Waals surface area (Å²) in [5, 5.41) is 0. The maximum absolute atomic E-state index is 11.5. The summed E-state index contributed by atoms with van der Waals surface area (Å²) in [5.74, 6) is 1.75. The summed E-state index contributed by atoms with van der Waals surface area (Å²) in [6.45, 7) is 3.81. The molecule has 2 aliphatic heterocycles. The van der Waals surface area contributed by atoms with Crippen LogP contribution in [0, 0.1) is 11.8 Å². The highest BCUT2D eigenvalue weighted by molar-refractivity contribution is 7.91. The van der Waals surface area contributed by atoms with E-state index in [0.29, 0.717) is 36.0 Å². The highest BCUT2D eigenvalue weighted by atomic mass is 32.2. The van der Waals surface area contributed by atoms with Crippen molar-refractivity contribution in [1.82, 2.24) is 14.9 Å². The maximum Gasteiger partial charge on any atom is 0.316 e. The molecule has 3 rings (SSSR count). The average Bonchev–Trinajstić information content (AvgIpc) is 2.56. The molecule has 0 amide bonds. The summed E-state index contributed by atoms with van der Waals surface area (Å²) in [4.78, 5) is 10.6. The van der Waals surface area contributed by atoms with Crippen molar-refractivity contribution in [2.45, 2.75) is 25.7 Å². The van der Waals surface area contributed by atoms with Gasteiger partial charge in [0, 0.05) is 31.4 Å². The van der Waals surface area contributed by atoms with Gasteiger partial charge < -0.3 is 9.64 Å². The normalized spacial score (nSPS) is 26.0. The van der Waals surface area contributed by atoms with Gasteiger partial charge in [-0.2, -0.15) is 0 Å². The SMILES string of the molecule is O=S1(=O)CCC(CN2CCCC(COc3ncccn3)C2)CC1. The first-order valence-corrected chi connectivity index (χ1v) is 10.3. The van der Waals surface area contributed by atoms with E-state index in [0.717, 1.165) is 32.5 Å². The second-order valence-electron chi connectivity index (χ2n) is 6.71. The zero-order valence-electron chi connectivity index (χ0n) is 13.4. The second-order valence-corrected chi connectivity index (χ2v) is 9.01. The molecule has 0 aromatic carbocycles. The Hall–Kier alpha value is -1.21. The zero-order chi connectivity index (χ0) is 16.1.